The highest BCUT2D eigenvalue weighted by Crippen LogP contribution is 2.14. The summed E-state index contributed by atoms with van der Waals surface area (Å²) >= 11 is 1.31. The van der Waals surface area contributed by atoms with Crippen molar-refractivity contribution in [2.45, 2.75) is 51.6 Å². The summed E-state index contributed by atoms with van der Waals surface area (Å²) < 4.78 is 0. The van der Waals surface area contributed by atoms with Crippen molar-refractivity contribution in [1.29, 1.82) is 0 Å². The van der Waals surface area contributed by atoms with Crippen LogP contribution in [-0.4, -0.2) is 40.1 Å². The molecule has 1 aromatic heterocycles. The lowest BCUT2D eigenvalue weighted by Gasteiger charge is -2.27. The molecule has 0 bridgehead atoms. The molecule has 0 saturated carbocycles. The largest absolute Gasteiger partial charge is 0.374 e. The third-order valence-corrected chi connectivity index (χ3v) is 4.42. The normalized spacial score (nSPS) is 18.4. The Morgan fingerprint density at radius 1 is 1.35 bits per heavy atom. The Kier molecular flexibility index (Phi) is 5.72. The highest BCUT2D eigenvalue weighted by molar-refractivity contribution is 7.15. The Labute approximate surface area is 123 Å². The lowest BCUT2D eigenvalue weighted by atomic mass is 10.2. The number of carbonyl (C=O) groups excluding carboxylic acids is 1. The average molecular weight is 297 g/mol. The predicted octanol–water partition coefficient (Wildman–Crippen LogP) is 1.39. The van der Waals surface area contributed by atoms with E-state index in [1.807, 2.05) is 0 Å². The molecule has 0 radical (unpaired) electrons. The van der Waals surface area contributed by atoms with E-state index in [9.17, 15) is 4.79 Å². The minimum atomic E-state index is 0.0653. The Hall–Kier alpha value is -1.21. The quantitative estimate of drug-likeness (QED) is 0.858. The standard InChI is InChI=1S/C13H23N5OS/c1-10(18-6-4-2-3-5-7-18)8-11(19)15-9-12-16-17-13(14)20-12/h10H,2-9H2,1H3,(H2,14,17)(H,15,19)/t10-/m0/s1. The molecule has 112 valence electrons. The van der Waals surface area contributed by atoms with Crippen molar-refractivity contribution < 1.29 is 4.79 Å². The fraction of sp³-hybridized carbons (Fsp3) is 0.769. The summed E-state index contributed by atoms with van der Waals surface area (Å²) in [5, 5.41) is 11.7. The molecule has 2 heterocycles. The Balaban J connectivity index is 1.72. The van der Waals surface area contributed by atoms with Crippen molar-refractivity contribution in [2.75, 3.05) is 18.8 Å². The van der Waals surface area contributed by atoms with Crippen LogP contribution in [0.3, 0.4) is 0 Å². The highest BCUT2D eigenvalue weighted by Gasteiger charge is 2.18. The molecule has 0 unspecified atom stereocenters. The molecule has 2 rings (SSSR count). The van der Waals surface area contributed by atoms with Crippen LogP contribution in [0.2, 0.25) is 0 Å². The number of hydrogen-bond donors (Lipinski definition) is 2. The van der Waals surface area contributed by atoms with Gasteiger partial charge >= 0.3 is 0 Å². The molecule has 1 aliphatic rings. The number of likely N-dealkylation sites (tertiary alicyclic amines) is 1. The zero-order valence-corrected chi connectivity index (χ0v) is 12.8. The zero-order valence-electron chi connectivity index (χ0n) is 12.0. The molecule has 1 saturated heterocycles. The van der Waals surface area contributed by atoms with Gasteiger partial charge < -0.3 is 16.0 Å². The lowest BCUT2D eigenvalue weighted by molar-refractivity contribution is -0.122. The number of nitrogen functional groups attached to an aromatic ring is 1. The fourth-order valence-corrected chi connectivity index (χ4v) is 3.07. The summed E-state index contributed by atoms with van der Waals surface area (Å²) in [5.41, 5.74) is 5.50. The maximum atomic E-state index is 11.9. The van der Waals surface area contributed by atoms with E-state index in [4.69, 9.17) is 5.73 Å². The predicted molar refractivity (Wildman–Crippen MR) is 80.3 cm³/mol. The molecular weight excluding hydrogens is 274 g/mol. The third-order valence-electron chi connectivity index (χ3n) is 3.66. The first-order chi connectivity index (χ1) is 9.65. The Morgan fingerprint density at radius 2 is 2.05 bits per heavy atom. The number of rotatable bonds is 5. The molecular formula is C13H23N5OS. The number of anilines is 1. The third kappa shape index (κ3) is 4.72. The molecule has 1 amide bonds. The molecule has 0 aromatic carbocycles. The van der Waals surface area contributed by atoms with Crippen LogP contribution < -0.4 is 11.1 Å². The second-order valence-electron chi connectivity index (χ2n) is 5.31. The summed E-state index contributed by atoms with van der Waals surface area (Å²) in [6.07, 6.45) is 5.65. The van der Waals surface area contributed by atoms with Gasteiger partial charge in [0.1, 0.15) is 5.01 Å². The smallest absolute Gasteiger partial charge is 0.221 e. The molecule has 3 N–H and O–H groups in total. The monoisotopic (exact) mass is 297 g/mol. The van der Waals surface area contributed by atoms with Crippen molar-refractivity contribution in [2.24, 2.45) is 0 Å². The first-order valence-corrected chi connectivity index (χ1v) is 8.05. The second-order valence-corrected chi connectivity index (χ2v) is 6.41. The maximum Gasteiger partial charge on any atom is 0.221 e. The maximum absolute atomic E-state index is 11.9. The van der Waals surface area contributed by atoms with E-state index in [1.165, 1.54) is 37.0 Å². The summed E-state index contributed by atoms with van der Waals surface area (Å²) in [7, 11) is 0. The molecule has 0 aliphatic carbocycles. The first-order valence-electron chi connectivity index (χ1n) is 7.24. The van der Waals surface area contributed by atoms with Gasteiger partial charge in [0.25, 0.3) is 0 Å². The summed E-state index contributed by atoms with van der Waals surface area (Å²) in [6, 6.07) is 0.299. The average Bonchev–Trinajstić information content (AvgIpc) is 2.67. The number of hydrogen-bond acceptors (Lipinski definition) is 6. The molecule has 6 nitrogen and oxygen atoms in total. The van der Waals surface area contributed by atoms with Crippen LogP contribution in [0.5, 0.6) is 0 Å². The van der Waals surface area contributed by atoms with Gasteiger partial charge in [0.2, 0.25) is 11.0 Å². The van der Waals surface area contributed by atoms with Gasteiger partial charge in [-0.1, -0.05) is 24.2 Å². The topological polar surface area (TPSA) is 84.1 Å². The van der Waals surface area contributed by atoms with Crippen molar-refractivity contribution in [3.63, 3.8) is 0 Å². The van der Waals surface area contributed by atoms with Gasteiger partial charge in [0.05, 0.1) is 6.54 Å². The van der Waals surface area contributed by atoms with Gasteiger partial charge in [-0.15, -0.1) is 10.2 Å². The minimum Gasteiger partial charge on any atom is -0.374 e. The van der Waals surface area contributed by atoms with E-state index in [-0.39, 0.29) is 5.91 Å². The van der Waals surface area contributed by atoms with E-state index in [2.05, 4.69) is 27.3 Å². The van der Waals surface area contributed by atoms with Crippen molar-refractivity contribution in [3.8, 4) is 0 Å². The minimum absolute atomic E-state index is 0.0653. The zero-order chi connectivity index (χ0) is 14.4. The van der Waals surface area contributed by atoms with Crippen LogP contribution in [-0.2, 0) is 11.3 Å². The molecule has 1 aromatic rings. The molecule has 0 spiro atoms. The summed E-state index contributed by atoms with van der Waals surface area (Å²) in [5.74, 6) is 0.0653. The number of nitrogens with two attached hydrogens (primary N) is 1. The van der Waals surface area contributed by atoms with E-state index < -0.39 is 0 Å². The first kappa shape index (κ1) is 15.2. The van der Waals surface area contributed by atoms with Crippen LogP contribution in [0.15, 0.2) is 0 Å². The fourth-order valence-electron chi connectivity index (χ4n) is 2.52. The van der Waals surface area contributed by atoms with Gasteiger partial charge in [0, 0.05) is 12.5 Å². The number of nitrogens with one attached hydrogen (secondary N) is 1. The van der Waals surface area contributed by atoms with Crippen molar-refractivity contribution >= 4 is 22.4 Å². The SMILES string of the molecule is C[C@@H](CC(=O)NCc1nnc(N)s1)N1CCCCCC1. The molecule has 1 fully saturated rings. The van der Waals surface area contributed by atoms with Crippen LogP contribution in [0.1, 0.15) is 44.0 Å². The number of aromatic nitrogens is 2. The number of nitrogens with zero attached hydrogens (tertiary/aromatic N) is 3. The van der Waals surface area contributed by atoms with E-state index >= 15 is 0 Å². The number of amides is 1. The van der Waals surface area contributed by atoms with E-state index in [0.717, 1.165) is 18.1 Å². The molecule has 1 aliphatic heterocycles. The van der Waals surface area contributed by atoms with Crippen LogP contribution >= 0.6 is 11.3 Å². The summed E-state index contributed by atoms with van der Waals surface area (Å²) in [4.78, 5) is 14.4. The van der Waals surface area contributed by atoms with Crippen LogP contribution in [0.25, 0.3) is 0 Å². The lowest BCUT2D eigenvalue weighted by Crippen LogP contribution is -2.38. The van der Waals surface area contributed by atoms with E-state index in [0.29, 0.717) is 24.1 Å². The van der Waals surface area contributed by atoms with Gasteiger partial charge in [-0.3, -0.25) is 4.79 Å². The summed E-state index contributed by atoms with van der Waals surface area (Å²) in [6.45, 7) is 4.77. The molecule has 20 heavy (non-hydrogen) atoms. The van der Waals surface area contributed by atoms with Gasteiger partial charge in [-0.25, -0.2) is 0 Å². The van der Waals surface area contributed by atoms with Gasteiger partial charge in [0.15, 0.2) is 0 Å². The second kappa shape index (κ2) is 7.54. The van der Waals surface area contributed by atoms with Gasteiger partial charge in [-0.2, -0.15) is 0 Å². The number of carbonyl (C=O) groups is 1. The van der Waals surface area contributed by atoms with Crippen LogP contribution in [0, 0.1) is 0 Å². The van der Waals surface area contributed by atoms with Crippen LogP contribution in [0.4, 0.5) is 5.13 Å². The Morgan fingerprint density at radius 3 is 2.65 bits per heavy atom. The highest BCUT2D eigenvalue weighted by atomic mass is 32.1. The Bertz CT molecular complexity index is 428. The van der Waals surface area contributed by atoms with Crippen molar-refractivity contribution in [1.82, 2.24) is 20.4 Å². The van der Waals surface area contributed by atoms with Gasteiger partial charge in [-0.05, 0) is 32.9 Å². The van der Waals surface area contributed by atoms with E-state index in [1.54, 1.807) is 0 Å². The van der Waals surface area contributed by atoms with Crippen molar-refractivity contribution in [3.05, 3.63) is 5.01 Å². The molecule has 7 heteroatoms. The molecule has 1 atom stereocenters.